The Morgan fingerprint density at radius 3 is 1.53 bits per heavy atom. The molecule has 0 saturated carbocycles. The van der Waals surface area contributed by atoms with Crippen LogP contribution in [0.4, 0.5) is 0 Å². The van der Waals surface area contributed by atoms with Crippen molar-refractivity contribution in [1.82, 2.24) is 0 Å². The Hall–Kier alpha value is 0.0500. The quantitative estimate of drug-likeness (QED) is 0.475. The van der Waals surface area contributed by atoms with Crippen LogP contribution < -0.4 is 23.5 Å². The summed E-state index contributed by atoms with van der Waals surface area (Å²) in [4.78, 5) is 1.76. The second kappa shape index (κ2) is 4.92. The van der Waals surface area contributed by atoms with Gasteiger partial charge in [0.25, 0.3) is 0 Å². The van der Waals surface area contributed by atoms with E-state index in [0.717, 1.165) is 0 Å². The number of hydrogen-bond donors (Lipinski definition) is 2. The molecule has 90 valence electrons. The van der Waals surface area contributed by atoms with Crippen LogP contribution in [0, 0.1) is 15.7 Å². The van der Waals surface area contributed by atoms with E-state index in [-0.39, 0.29) is 0 Å². The minimum absolute atomic E-state index is 0.363. The molecule has 2 N–H and O–H groups in total. The van der Waals surface area contributed by atoms with Crippen molar-refractivity contribution >= 4 is 0 Å². The summed E-state index contributed by atoms with van der Waals surface area (Å²) in [5.41, 5.74) is 0.363. The minimum atomic E-state index is -4.94. The molecule has 0 aromatic heterocycles. The lowest BCUT2D eigenvalue weighted by Crippen LogP contribution is -3.15. The van der Waals surface area contributed by atoms with Gasteiger partial charge in [0.05, 0.1) is 19.6 Å². The third-order valence-corrected chi connectivity index (χ3v) is 3.36. The van der Waals surface area contributed by atoms with E-state index in [0.29, 0.717) is 12.0 Å². The molecule has 7 heteroatoms. The molecule has 0 aromatic rings. The van der Waals surface area contributed by atoms with Crippen molar-refractivity contribution in [3.63, 3.8) is 0 Å². The summed E-state index contributed by atoms with van der Waals surface area (Å²) in [7, 11) is -4.94. The molecule has 3 aliphatic rings. The van der Waals surface area contributed by atoms with Gasteiger partial charge in [-0.2, -0.15) is 0 Å². The Bertz CT molecular complexity index is 180. The van der Waals surface area contributed by atoms with E-state index in [9.17, 15) is 0 Å². The summed E-state index contributed by atoms with van der Waals surface area (Å²) < 4.78 is 34.0. The molecule has 3 heterocycles. The minimum Gasteiger partial charge on any atom is -0.396 e. The van der Waals surface area contributed by atoms with Gasteiger partial charge in [0.15, 0.2) is 0 Å². The summed E-state index contributed by atoms with van der Waals surface area (Å²) in [6.45, 7) is 4.35. The number of fused-ring (bicyclic) bond motifs is 3. The van der Waals surface area contributed by atoms with Crippen LogP contribution in [-0.2, 0) is 0 Å². The van der Waals surface area contributed by atoms with Gasteiger partial charge in [0.2, 0.25) is 0 Å². The summed E-state index contributed by atoms with van der Waals surface area (Å²) in [6, 6.07) is 0. The number of quaternary nitrogens is 1. The molecule has 0 aliphatic carbocycles. The first-order chi connectivity index (χ1) is 6.85. The molecular formula is C8H16ClNO5. The zero-order valence-corrected chi connectivity index (χ0v) is 9.16. The molecule has 15 heavy (non-hydrogen) atoms. The Kier molecular flexibility index (Phi) is 4.30. The molecule has 3 aliphatic heterocycles. The first kappa shape index (κ1) is 13.1. The zero-order chi connectivity index (χ0) is 11.5. The standard InChI is InChI=1S/C8H15NO.ClHO4/c10-7-8-1-4-9(5-2-8)6-3-8;2-1(3,4)5/h10H,1-7H2;(H,2,3,4,5). The number of nitrogens with one attached hydrogen (secondary N) is 1. The van der Waals surface area contributed by atoms with E-state index in [2.05, 4.69) is 0 Å². The van der Waals surface area contributed by atoms with Crippen LogP contribution >= 0.6 is 0 Å². The monoisotopic (exact) mass is 241 g/mol. The lowest BCUT2D eigenvalue weighted by atomic mass is 9.73. The van der Waals surface area contributed by atoms with Gasteiger partial charge < -0.3 is 10.0 Å². The zero-order valence-electron chi connectivity index (χ0n) is 8.41. The molecule has 0 amide bonds. The van der Waals surface area contributed by atoms with Crippen LogP contribution in [0.15, 0.2) is 0 Å². The van der Waals surface area contributed by atoms with Crippen LogP contribution in [0.2, 0.25) is 0 Å². The SMILES string of the molecule is OCC12CC[NH+](CC1)CC2.[O-][Cl+3]([O-])([O-])[O-]. The fourth-order valence-electron chi connectivity index (χ4n) is 2.31. The molecule has 3 saturated heterocycles. The Balaban J connectivity index is 0.000000195. The van der Waals surface area contributed by atoms with Gasteiger partial charge in [-0.05, 0) is 0 Å². The van der Waals surface area contributed by atoms with Crippen LogP contribution in [0.3, 0.4) is 0 Å². The molecule has 3 fully saturated rings. The van der Waals surface area contributed by atoms with Gasteiger partial charge in [-0.3, -0.25) is 0 Å². The molecule has 0 aromatic carbocycles. The van der Waals surface area contributed by atoms with Gasteiger partial charge in [-0.1, -0.05) is 0 Å². The molecule has 0 spiro atoms. The highest BCUT2D eigenvalue weighted by Crippen LogP contribution is 2.32. The predicted octanol–water partition coefficient (Wildman–Crippen LogP) is -5.71. The number of rotatable bonds is 1. The average molecular weight is 242 g/mol. The maximum absolute atomic E-state index is 9.16. The van der Waals surface area contributed by atoms with Crippen LogP contribution in [0.25, 0.3) is 0 Å². The highest BCUT2D eigenvalue weighted by molar-refractivity contribution is 4.83. The van der Waals surface area contributed by atoms with Crippen molar-refractivity contribution in [1.29, 1.82) is 0 Å². The number of aliphatic hydroxyl groups excluding tert-OH is 1. The summed E-state index contributed by atoms with van der Waals surface area (Å²) in [6.07, 6.45) is 3.79. The van der Waals surface area contributed by atoms with Gasteiger partial charge in [-0.25, -0.2) is 18.6 Å². The van der Waals surface area contributed by atoms with Crippen molar-refractivity contribution in [2.45, 2.75) is 19.3 Å². The van der Waals surface area contributed by atoms with Crippen molar-refractivity contribution in [2.75, 3.05) is 26.2 Å². The summed E-state index contributed by atoms with van der Waals surface area (Å²) in [5, 5.41) is 9.16. The van der Waals surface area contributed by atoms with E-state index in [1.54, 1.807) is 4.90 Å². The second-order valence-electron chi connectivity index (χ2n) is 4.29. The first-order valence-corrected chi connectivity index (χ1v) is 6.14. The van der Waals surface area contributed by atoms with Gasteiger partial charge in [-0.15, -0.1) is 10.2 Å². The average Bonchev–Trinajstić information content (AvgIpc) is 2.18. The number of aliphatic hydroxyl groups is 1. The number of hydrogen-bond acceptors (Lipinski definition) is 5. The van der Waals surface area contributed by atoms with E-state index in [1.807, 2.05) is 0 Å². The topological polar surface area (TPSA) is 117 Å². The van der Waals surface area contributed by atoms with E-state index in [4.69, 9.17) is 23.7 Å². The molecule has 0 unspecified atom stereocenters. The van der Waals surface area contributed by atoms with E-state index >= 15 is 0 Å². The Morgan fingerprint density at radius 2 is 1.33 bits per heavy atom. The highest BCUT2D eigenvalue weighted by Gasteiger charge is 2.41. The smallest absolute Gasteiger partial charge is 0.0777 e. The maximum atomic E-state index is 9.16. The Labute approximate surface area is 90.5 Å². The second-order valence-corrected chi connectivity index (χ2v) is 5.04. The van der Waals surface area contributed by atoms with Crippen LogP contribution in [0.1, 0.15) is 19.3 Å². The van der Waals surface area contributed by atoms with Crippen LogP contribution in [-0.4, -0.2) is 31.3 Å². The van der Waals surface area contributed by atoms with Gasteiger partial charge in [0, 0.05) is 31.3 Å². The van der Waals surface area contributed by atoms with Crippen molar-refractivity contribution in [3.05, 3.63) is 0 Å². The normalized spacial score (nSPS) is 34.6. The van der Waals surface area contributed by atoms with Gasteiger partial charge in [0.1, 0.15) is 0 Å². The van der Waals surface area contributed by atoms with Crippen LogP contribution in [0.5, 0.6) is 0 Å². The molecule has 0 radical (unpaired) electrons. The lowest BCUT2D eigenvalue weighted by molar-refractivity contribution is -2.00. The number of halogens is 1. The number of piperidine rings is 3. The maximum Gasteiger partial charge on any atom is 0.0777 e. The van der Waals surface area contributed by atoms with E-state index in [1.165, 1.54) is 38.9 Å². The largest absolute Gasteiger partial charge is 0.396 e. The summed E-state index contributed by atoms with van der Waals surface area (Å²) in [5.74, 6) is 0. The molecule has 3 rings (SSSR count). The molecule has 0 atom stereocenters. The Morgan fingerprint density at radius 1 is 1.00 bits per heavy atom. The van der Waals surface area contributed by atoms with E-state index < -0.39 is 10.2 Å². The summed E-state index contributed by atoms with van der Waals surface area (Å²) >= 11 is 0. The third kappa shape index (κ3) is 4.60. The molecule has 6 nitrogen and oxygen atoms in total. The molecular weight excluding hydrogens is 226 g/mol. The lowest BCUT2D eigenvalue weighted by Gasteiger charge is -2.44. The fraction of sp³-hybridized carbons (Fsp3) is 1.00. The van der Waals surface area contributed by atoms with Gasteiger partial charge >= 0.3 is 0 Å². The molecule has 2 bridgehead atoms. The fourth-order valence-corrected chi connectivity index (χ4v) is 2.31. The third-order valence-electron chi connectivity index (χ3n) is 3.36. The highest BCUT2D eigenvalue weighted by atomic mass is 35.7. The van der Waals surface area contributed by atoms with Crippen molar-refractivity contribution < 1.29 is 38.9 Å². The first-order valence-electron chi connectivity index (χ1n) is 4.91. The van der Waals surface area contributed by atoms with Crippen molar-refractivity contribution in [3.8, 4) is 0 Å². The predicted molar refractivity (Wildman–Crippen MR) is 38.9 cm³/mol. The van der Waals surface area contributed by atoms with Crippen molar-refractivity contribution in [2.24, 2.45) is 5.41 Å².